The molecule has 98 valence electrons. The van der Waals surface area contributed by atoms with Crippen molar-refractivity contribution in [3.63, 3.8) is 0 Å². The molecule has 0 amide bonds. The number of Topliss-reactive ketones (excluding diaryl/α,β-unsaturated/α-hetero) is 1. The fourth-order valence-corrected chi connectivity index (χ4v) is 2.60. The molecule has 3 nitrogen and oxygen atoms in total. The lowest BCUT2D eigenvalue weighted by molar-refractivity contribution is -0.119. The third-order valence-corrected chi connectivity index (χ3v) is 3.70. The van der Waals surface area contributed by atoms with Crippen molar-refractivity contribution in [3.05, 3.63) is 35.9 Å². The second kappa shape index (κ2) is 6.66. The van der Waals surface area contributed by atoms with Gasteiger partial charge in [-0.2, -0.15) is 0 Å². The largest absolute Gasteiger partial charge is 0.324 e. The van der Waals surface area contributed by atoms with Gasteiger partial charge in [0.2, 0.25) is 0 Å². The highest BCUT2D eigenvalue weighted by Crippen LogP contribution is 2.21. The Balaban J connectivity index is 1.75. The maximum absolute atomic E-state index is 11.3. The molecule has 3 heteroatoms. The van der Waals surface area contributed by atoms with Gasteiger partial charge in [0, 0.05) is 13.0 Å². The van der Waals surface area contributed by atoms with Gasteiger partial charge < -0.3 is 5.73 Å². The monoisotopic (exact) mass is 246 g/mol. The Morgan fingerprint density at radius 1 is 1.22 bits per heavy atom. The summed E-state index contributed by atoms with van der Waals surface area (Å²) in [5, 5.41) is 0. The van der Waals surface area contributed by atoms with Gasteiger partial charge in [-0.05, 0) is 37.4 Å². The number of piperidine rings is 1. The molecule has 0 atom stereocenters. The zero-order valence-electron chi connectivity index (χ0n) is 10.8. The Bertz CT molecular complexity index is 369. The van der Waals surface area contributed by atoms with Crippen LogP contribution in [0, 0.1) is 5.92 Å². The highest BCUT2D eigenvalue weighted by atomic mass is 16.1. The summed E-state index contributed by atoms with van der Waals surface area (Å²) in [5.41, 5.74) is 6.73. The molecular weight excluding hydrogens is 224 g/mol. The fraction of sp³-hybridized carbons (Fsp3) is 0.533. The molecule has 1 fully saturated rings. The molecule has 2 N–H and O–H groups in total. The maximum atomic E-state index is 11.3. The smallest absolute Gasteiger partial charge is 0.146 e. The van der Waals surface area contributed by atoms with E-state index >= 15 is 0 Å². The van der Waals surface area contributed by atoms with Crippen LogP contribution in [0.15, 0.2) is 30.3 Å². The molecule has 0 aromatic heterocycles. The Labute approximate surface area is 109 Å². The van der Waals surface area contributed by atoms with Gasteiger partial charge in [0.15, 0.2) is 0 Å². The number of carbonyl (C=O) groups excluding carboxylic acids is 1. The first-order valence-corrected chi connectivity index (χ1v) is 6.76. The minimum absolute atomic E-state index is 0.199. The third-order valence-electron chi connectivity index (χ3n) is 3.70. The van der Waals surface area contributed by atoms with Crippen molar-refractivity contribution in [2.75, 3.05) is 19.6 Å². The molecule has 1 aromatic carbocycles. The van der Waals surface area contributed by atoms with Gasteiger partial charge in [-0.3, -0.25) is 9.69 Å². The first-order chi connectivity index (χ1) is 8.78. The van der Waals surface area contributed by atoms with Crippen LogP contribution < -0.4 is 5.73 Å². The van der Waals surface area contributed by atoms with Gasteiger partial charge in [-0.25, -0.2) is 0 Å². The van der Waals surface area contributed by atoms with Crippen LogP contribution in [0.1, 0.15) is 24.8 Å². The van der Waals surface area contributed by atoms with Crippen molar-refractivity contribution < 1.29 is 4.79 Å². The second-order valence-corrected chi connectivity index (χ2v) is 5.15. The van der Waals surface area contributed by atoms with Gasteiger partial charge in [0.05, 0.1) is 6.54 Å². The highest BCUT2D eigenvalue weighted by Gasteiger charge is 2.20. The van der Waals surface area contributed by atoms with Crippen LogP contribution in [0.4, 0.5) is 0 Å². The van der Waals surface area contributed by atoms with E-state index in [4.69, 9.17) is 5.73 Å². The Hall–Kier alpha value is -1.19. The lowest BCUT2D eigenvalue weighted by atomic mass is 9.91. The highest BCUT2D eigenvalue weighted by molar-refractivity contribution is 5.80. The lowest BCUT2D eigenvalue weighted by Crippen LogP contribution is -2.34. The van der Waals surface area contributed by atoms with Crippen molar-refractivity contribution in [2.45, 2.75) is 25.8 Å². The standard InChI is InChI=1S/C15H22N2O/c16-11-15(18)10-13-6-8-17(9-7-13)12-14-4-2-1-3-5-14/h1-5,13H,6-12,16H2. The second-order valence-electron chi connectivity index (χ2n) is 5.15. The van der Waals surface area contributed by atoms with E-state index in [0.717, 1.165) is 32.5 Å². The normalized spacial score (nSPS) is 17.8. The van der Waals surface area contributed by atoms with E-state index < -0.39 is 0 Å². The van der Waals surface area contributed by atoms with Gasteiger partial charge in [-0.1, -0.05) is 30.3 Å². The van der Waals surface area contributed by atoms with Gasteiger partial charge in [0.25, 0.3) is 0 Å². The Kier molecular flexibility index (Phi) is 4.90. The first-order valence-electron chi connectivity index (χ1n) is 6.76. The number of nitrogens with zero attached hydrogens (tertiary/aromatic N) is 1. The first kappa shape index (κ1) is 13.2. The van der Waals surface area contributed by atoms with Gasteiger partial charge in [-0.15, -0.1) is 0 Å². The average Bonchev–Trinajstić information content (AvgIpc) is 2.42. The summed E-state index contributed by atoms with van der Waals surface area (Å²) in [4.78, 5) is 13.8. The molecule has 2 rings (SSSR count). The summed E-state index contributed by atoms with van der Waals surface area (Å²) in [5.74, 6) is 0.754. The molecule has 0 unspecified atom stereocenters. The summed E-state index contributed by atoms with van der Waals surface area (Å²) in [6.07, 6.45) is 2.92. The molecule has 0 aliphatic carbocycles. The van der Waals surface area contributed by atoms with Crippen LogP contribution in [0.3, 0.4) is 0 Å². The van der Waals surface area contributed by atoms with E-state index in [-0.39, 0.29) is 12.3 Å². The van der Waals surface area contributed by atoms with Crippen molar-refractivity contribution in [3.8, 4) is 0 Å². The van der Waals surface area contributed by atoms with E-state index in [0.29, 0.717) is 12.3 Å². The summed E-state index contributed by atoms with van der Waals surface area (Å²) in [6, 6.07) is 10.6. The lowest BCUT2D eigenvalue weighted by Gasteiger charge is -2.31. The summed E-state index contributed by atoms with van der Waals surface area (Å²) in [6.45, 7) is 3.41. The van der Waals surface area contributed by atoms with Crippen molar-refractivity contribution in [1.82, 2.24) is 4.90 Å². The number of rotatable bonds is 5. The molecular formula is C15H22N2O. The van der Waals surface area contributed by atoms with Crippen LogP contribution >= 0.6 is 0 Å². The average molecular weight is 246 g/mol. The number of ketones is 1. The number of carbonyl (C=O) groups is 1. The number of likely N-dealkylation sites (tertiary alicyclic amines) is 1. The van der Waals surface area contributed by atoms with E-state index in [1.54, 1.807) is 0 Å². The zero-order chi connectivity index (χ0) is 12.8. The Morgan fingerprint density at radius 3 is 2.50 bits per heavy atom. The molecule has 1 aromatic rings. The minimum atomic E-state index is 0.199. The molecule has 1 aliphatic rings. The molecule has 0 radical (unpaired) electrons. The summed E-state index contributed by atoms with van der Waals surface area (Å²) < 4.78 is 0. The summed E-state index contributed by atoms with van der Waals surface area (Å²) >= 11 is 0. The number of nitrogens with two attached hydrogens (primary N) is 1. The van der Waals surface area contributed by atoms with Crippen LogP contribution in [0.25, 0.3) is 0 Å². The van der Waals surface area contributed by atoms with E-state index in [1.165, 1.54) is 5.56 Å². The molecule has 1 saturated heterocycles. The van der Waals surface area contributed by atoms with Crippen LogP contribution in [-0.2, 0) is 11.3 Å². The van der Waals surface area contributed by atoms with Crippen LogP contribution in [-0.4, -0.2) is 30.3 Å². The predicted octanol–water partition coefficient (Wildman–Crippen LogP) is 1.82. The van der Waals surface area contributed by atoms with Gasteiger partial charge >= 0.3 is 0 Å². The Morgan fingerprint density at radius 2 is 1.89 bits per heavy atom. The van der Waals surface area contributed by atoms with Crippen molar-refractivity contribution >= 4 is 5.78 Å². The number of hydrogen-bond donors (Lipinski definition) is 1. The SMILES string of the molecule is NCC(=O)CC1CCN(Cc2ccccc2)CC1. The van der Waals surface area contributed by atoms with Gasteiger partial charge in [0.1, 0.15) is 5.78 Å². The molecule has 0 spiro atoms. The molecule has 0 bridgehead atoms. The van der Waals surface area contributed by atoms with E-state index in [9.17, 15) is 4.79 Å². The fourth-order valence-electron chi connectivity index (χ4n) is 2.60. The topological polar surface area (TPSA) is 46.3 Å². The summed E-state index contributed by atoms with van der Waals surface area (Å²) in [7, 11) is 0. The predicted molar refractivity (Wildman–Crippen MR) is 73.1 cm³/mol. The number of hydrogen-bond acceptors (Lipinski definition) is 3. The third kappa shape index (κ3) is 3.93. The van der Waals surface area contributed by atoms with E-state index in [2.05, 4.69) is 29.2 Å². The number of benzene rings is 1. The molecule has 1 heterocycles. The van der Waals surface area contributed by atoms with Crippen LogP contribution in [0.2, 0.25) is 0 Å². The van der Waals surface area contributed by atoms with Crippen molar-refractivity contribution in [1.29, 1.82) is 0 Å². The zero-order valence-corrected chi connectivity index (χ0v) is 10.8. The molecule has 1 aliphatic heterocycles. The van der Waals surface area contributed by atoms with Crippen molar-refractivity contribution in [2.24, 2.45) is 11.7 Å². The minimum Gasteiger partial charge on any atom is -0.324 e. The van der Waals surface area contributed by atoms with Crippen LogP contribution in [0.5, 0.6) is 0 Å². The van der Waals surface area contributed by atoms with E-state index in [1.807, 2.05) is 6.07 Å². The molecule has 0 saturated carbocycles. The quantitative estimate of drug-likeness (QED) is 0.862. The molecule has 18 heavy (non-hydrogen) atoms. The maximum Gasteiger partial charge on any atom is 0.146 e.